The van der Waals surface area contributed by atoms with E-state index < -0.39 is 0 Å². The van der Waals surface area contributed by atoms with Gasteiger partial charge < -0.3 is 15.8 Å². The average molecular weight is 330 g/mol. The lowest BCUT2D eigenvalue weighted by Crippen LogP contribution is -2.36. The Labute approximate surface area is 122 Å². The molecule has 0 spiro atoms. The van der Waals surface area contributed by atoms with Gasteiger partial charge in [0.05, 0.1) is 13.2 Å². The summed E-state index contributed by atoms with van der Waals surface area (Å²) in [5, 5.41) is 2.78. The number of rotatable bonds is 7. The average Bonchev–Trinajstić information content (AvgIpc) is 2.35. The van der Waals surface area contributed by atoms with Crippen molar-refractivity contribution < 1.29 is 9.53 Å². The maximum absolute atomic E-state index is 11.6. The number of hydrogen-bond acceptors (Lipinski definition) is 4. The number of halogens is 1. The Balaban J connectivity index is 2.44. The maximum Gasteiger partial charge on any atom is 0.234 e. The first-order valence-corrected chi connectivity index (χ1v) is 6.81. The van der Waals surface area contributed by atoms with Crippen LogP contribution >= 0.6 is 15.9 Å². The Morgan fingerprint density at radius 2 is 2.26 bits per heavy atom. The van der Waals surface area contributed by atoms with Crippen molar-refractivity contribution in [2.45, 2.75) is 6.54 Å². The predicted molar refractivity (Wildman–Crippen MR) is 79.8 cm³/mol. The molecule has 0 heterocycles. The summed E-state index contributed by atoms with van der Waals surface area (Å²) in [5.41, 5.74) is 7.59. The molecule has 0 unspecified atom stereocenters. The van der Waals surface area contributed by atoms with E-state index >= 15 is 0 Å². The molecule has 1 aromatic rings. The van der Waals surface area contributed by atoms with Crippen LogP contribution in [0.2, 0.25) is 0 Å². The number of ether oxygens (including phenoxy) is 1. The molecule has 19 heavy (non-hydrogen) atoms. The van der Waals surface area contributed by atoms with Gasteiger partial charge in [0.2, 0.25) is 5.91 Å². The third-order valence-electron chi connectivity index (χ3n) is 2.59. The molecule has 106 valence electrons. The molecule has 1 aromatic carbocycles. The maximum atomic E-state index is 11.6. The van der Waals surface area contributed by atoms with Gasteiger partial charge in [0.15, 0.2) is 0 Å². The number of benzene rings is 1. The molecule has 3 N–H and O–H groups in total. The van der Waals surface area contributed by atoms with Crippen molar-refractivity contribution >= 4 is 27.5 Å². The first-order chi connectivity index (χ1) is 9.04. The number of nitrogens with zero attached hydrogens (tertiary/aromatic N) is 1. The second-order valence-electron chi connectivity index (χ2n) is 4.34. The van der Waals surface area contributed by atoms with Gasteiger partial charge in [-0.25, -0.2) is 0 Å². The van der Waals surface area contributed by atoms with Crippen LogP contribution in [0.25, 0.3) is 0 Å². The number of likely N-dealkylation sites (N-methyl/N-ethyl adjacent to an activating group) is 1. The number of carbonyl (C=O) groups is 1. The van der Waals surface area contributed by atoms with Crippen molar-refractivity contribution in [1.82, 2.24) is 10.2 Å². The standard InChI is InChI=1S/C13H20BrN3O2/c1-17(9-12(18)16-6-7-19-2)8-10-4-3-5-11(15)13(10)14/h3-5H,6-9,15H2,1-2H3,(H,16,18). The van der Waals surface area contributed by atoms with E-state index in [0.717, 1.165) is 10.0 Å². The molecule has 0 bridgehead atoms. The van der Waals surface area contributed by atoms with E-state index in [2.05, 4.69) is 21.2 Å². The highest BCUT2D eigenvalue weighted by atomic mass is 79.9. The molecule has 0 aromatic heterocycles. The van der Waals surface area contributed by atoms with Crippen molar-refractivity contribution in [3.63, 3.8) is 0 Å². The second kappa shape index (κ2) is 8.14. The largest absolute Gasteiger partial charge is 0.398 e. The number of nitrogens with one attached hydrogen (secondary N) is 1. The Morgan fingerprint density at radius 1 is 1.53 bits per heavy atom. The molecular weight excluding hydrogens is 310 g/mol. The van der Waals surface area contributed by atoms with Crippen LogP contribution in [-0.4, -0.2) is 44.7 Å². The van der Waals surface area contributed by atoms with E-state index in [9.17, 15) is 4.79 Å². The van der Waals surface area contributed by atoms with Crippen LogP contribution in [-0.2, 0) is 16.1 Å². The number of hydrogen-bond donors (Lipinski definition) is 2. The minimum absolute atomic E-state index is 0.0143. The normalized spacial score (nSPS) is 10.7. The summed E-state index contributed by atoms with van der Waals surface area (Å²) < 4.78 is 5.76. The van der Waals surface area contributed by atoms with Gasteiger partial charge in [0, 0.05) is 30.4 Å². The fraction of sp³-hybridized carbons (Fsp3) is 0.462. The van der Waals surface area contributed by atoms with Crippen LogP contribution in [0.5, 0.6) is 0 Å². The van der Waals surface area contributed by atoms with Gasteiger partial charge in [-0.1, -0.05) is 12.1 Å². The zero-order chi connectivity index (χ0) is 14.3. The predicted octanol–water partition coefficient (Wildman–Crippen LogP) is 1.23. The molecule has 0 atom stereocenters. The van der Waals surface area contributed by atoms with Crippen LogP contribution in [0.1, 0.15) is 5.56 Å². The molecule has 0 aliphatic carbocycles. The molecule has 5 nitrogen and oxygen atoms in total. The van der Waals surface area contributed by atoms with E-state index in [1.54, 1.807) is 7.11 Å². The summed E-state index contributed by atoms with van der Waals surface area (Å²) in [7, 11) is 3.50. The van der Waals surface area contributed by atoms with Gasteiger partial charge in [-0.05, 0) is 34.6 Å². The lowest BCUT2D eigenvalue weighted by atomic mass is 10.2. The molecule has 0 saturated heterocycles. The number of nitrogens with two attached hydrogens (primary N) is 1. The monoisotopic (exact) mass is 329 g/mol. The van der Waals surface area contributed by atoms with E-state index in [1.807, 2.05) is 30.1 Å². The zero-order valence-corrected chi connectivity index (χ0v) is 12.9. The van der Waals surface area contributed by atoms with Gasteiger partial charge in [-0.15, -0.1) is 0 Å². The lowest BCUT2D eigenvalue weighted by Gasteiger charge is -2.17. The van der Waals surface area contributed by atoms with Crippen LogP contribution < -0.4 is 11.1 Å². The Kier molecular flexibility index (Phi) is 6.83. The highest BCUT2D eigenvalue weighted by Crippen LogP contribution is 2.24. The van der Waals surface area contributed by atoms with Gasteiger partial charge >= 0.3 is 0 Å². The Hall–Kier alpha value is -1.11. The number of anilines is 1. The first-order valence-electron chi connectivity index (χ1n) is 6.01. The second-order valence-corrected chi connectivity index (χ2v) is 5.13. The number of amides is 1. The molecule has 0 radical (unpaired) electrons. The molecule has 0 saturated carbocycles. The van der Waals surface area contributed by atoms with Crippen molar-refractivity contribution in [3.8, 4) is 0 Å². The topological polar surface area (TPSA) is 67.6 Å². The molecule has 1 rings (SSSR count). The zero-order valence-electron chi connectivity index (χ0n) is 11.3. The molecule has 0 aliphatic heterocycles. The summed E-state index contributed by atoms with van der Waals surface area (Å²) in [6.45, 7) is 2.05. The quantitative estimate of drug-likeness (QED) is 0.583. The lowest BCUT2D eigenvalue weighted by molar-refractivity contribution is -0.122. The van der Waals surface area contributed by atoms with Crippen LogP contribution in [0.3, 0.4) is 0 Å². The van der Waals surface area contributed by atoms with Crippen LogP contribution in [0.15, 0.2) is 22.7 Å². The van der Waals surface area contributed by atoms with Crippen molar-refractivity contribution in [2.75, 3.05) is 39.6 Å². The smallest absolute Gasteiger partial charge is 0.234 e. The van der Waals surface area contributed by atoms with Crippen LogP contribution in [0, 0.1) is 0 Å². The third kappa shape index (κ3) is 5.59. The summed E-state index contributed by atoms with van der Waals surface area (Å²) in [6, 6.07) is 5.73. The van der Waals surface area contributed by atoms with Crippen molar-refractivity contribution in [3.05, 3.63) is 28.2 Å². The first kappa shape index (κ1) is 15.9. The molecule has 1 amide bonds. The van der Waals surface area contributed by atoms with Crippen LogP contribution in [0.4, 0.5) is 5.69 Å². The number of nitrogen functional groups attached to an aromatic ring is 1. The van der Waals surface area contributed by atoms with E-state index in [-0.39, 0.29) is 5.91 Å². The summed E-state index contributed by atoms with van der Waals surface area (Å²) >= 11 is 3.46. The highest BCUT2D eigenvalue weighted by molar-refractivity contribution is 9.10. The van der Waals surface area contributed by atoms with Crippen molar-refractivity contribution in [1.29, 1.82) is 0 Å². The van der Waals surface area contributed by atoms with Gasteiger partial charge in [-0.3, -0.25) is 9.69 Å². The minimum Gasteiger partial charge on any atom is -0.398 e. The minimum atomic E-state index is -0.0143. The molecule has 0 fully saturated rings. The fourth-order valence-corrected chi connectivity index (χ4v) is 2.05. The molecular formula is C13H20BrN3O2. The summed E-state index contributed by atoms with van der Waals surface area (Å²) in [5.74, 6) is -0.0143. The van der Waals surface area contributed by atoms with Gasteiger partial charge in [0.1, 0.15) is 0 Å². The third-order valence-corrected chi connectivity index (χ3v) is 3.56. The van der Waals surface area contributed by atoms with E-state index in [4.69, 9.17) is 10.5 Å². The summed E-state index contributed by atoms with van der Waals surface area (Å²) in [4.78, 5) is 13.6. The fourth-order valence-electron chi connectivity index (χ4n) is 1.66. The summed E-state index contributed by atoms with van der Waals surface area (Å²) in [6.07, 6.45) is 0. The Bertz CT molecular complexity index is 426. The number of carbonyl (C=O) groups excluding carboxylic acids is 1. The van der Waals surface area contributed by atoms with E-state index in [0.29, 0.717) is 31.9 Å². The number of methoxy groups -OCH3 is 1. The molecule has 0 aliphatic rings. The molecule has 6 heteroatoms. The van der Waals surface area contributed by atoms with E-state index in [1.165, 1.54) is 0 Å². The van der Waals surface area contributed by atoms with Gasteiger partial charge in [-0.2, -0.15) is 0 Å². The Morgan fingerprint density at radius 3 is 2.95 bits per heavy atom. The van der Waals surface area contributed by atoms with Gasteiger partial charge in [0.25, 0.3) is 0 Å². The van der Waals surface area contributed by atoms with Crippen molar-refractivity contribution in [2.24, 2.45) is 0 Å². The highest BCUT2D eigenvalue weighted by Gasteiger charge is 2.09. The SMILES string of the molecule is COCCNC(=O)CN(C)Cc1cccc(N)c1Br.